The monoisotopic (exact) mass is 693 g/mol. The minimum absolute atomic E-state index is 0.0311. The highest BCUT2D eigenvalue weighted by molar-refractivity contribution is 8.03. The first kappa shape index (κ1) is 32.7. The molecule has 1 aromatic heterocycles. The number of aromatic nitrogens is 1. The summed E-state index contributed by atoms with van der Waals surface area (Å²) in [6, 6.07) is -1.11. The molecule has 1 unspecified atom stereocenters. The largest absolute Gasteiger partial charge is 0.477 e. The van der Waals surface area contributed by atoms with Gasteiger partial charge >= 0.3 is 12.1 Å². The lowest BCUT2D eigenvalue weighted by atomic mass is 10.0. The zero-order valence-corrected chi connectivity index (χ0v) is 26.7. The number of anilines is 1. The molecule has 1 fully saturated rings. The Labute approximate surface area is 272 Å². The number of β-lactam (4-membered cyclic amide) rings is 1. The second kappa shape index (κ2) is 12.6. The Hall–Kier alpha value is -4.64. The van der Waals surface area contributed by atoms with E-state index < -0.39 is 46.8 Å². The van der Waals surface area contributed by atoms with E-state index >= 15 is 0 Å². The number of hydrazine groups is 3. The van der Waals surface area contributed by atoms with Gasteiger partial charge in [0.2, 0.25) is 5.60 Å². The number of hydrogen-bond donors (Lipinski definition) is 7. The van der Waals surface area contributed by atoms with Crippen molar-refractivity contribution < 1.29 is 39.0 Å². The maximum atomic E-state index is 13.4. The second-order valence-corrected chi connectivity index (χ2v) is 13.3. The molecule has 0 aromatic carbocycles. The Bertz CT molecular complexity index is 1680. The molecule has 4 amide bonds. The number of carbonyl (C=O) groups is 5. The van der Waals surface area contributed by atoms with Crippen LogP contribution in [0.3, 0.4) is 0 Å². The van der Waals surface area contributed by atoms with Crippen LogP contribution in [-0.2, 0) is 24.0 Å². The van der Waals surface area contributed by atoms with Crippen LogP contribution >= 0.6 is 34.9 Å². The van der Waals surface area contributed by atoms with Crippen LogP contribution in [0.5, 0.6) is 0 Å². The summed E-state index contributed by atoms with van der Waals surface area (Å²) >= 11 is 3.52. The van der Waals surface area contributed by atoms with Crippen LogP contribution in [0.25, 0.3) is 0 Å². The number of aliphatic carboxylic acids is 1. The average Bonchev–Trinajstić information content (AvgIpc) is 3.64. The third kappa shape index (κ3) is 6.24. The van der Waals surface area contributed by atoms with E-state index in [0.29, 0.717) is 22.1 Å². The molecule has 5 heterocycles. The highest BCUT2D eigenvalue weighted by Gasteiger charge is 2.54. The summed E-state index contributed by atoms with van der Waals surface area (Å²) in [6.07, 6.45) is 1.77. The summed E-state index contributed by atoms with van der Waals surface area (Å²) in [5.74, 6) is 2.34. The summed E-state index contributed by atoms with van der Waals surface area (Å²) < 4.78 is 0. The fraction of sp³-hybridized carbons (Fsp3) is 0.333. The minimum atomic E-state index is -1.57. The van der Waals surface area contributed by atoms with Crippen LogP contribution in [0.15, 0.2) is 49.9 Å². The molecule has 244 valence electrons. The highest BCUT2D eigenvalue weighted by atomic mass is 32.2. The third-order valence-corrected chi connectivity index (χ3v) is 9.79. The molecule has 0 radical (unpaired) electrons. The maximum Gasteiger partial charge on any atom is 0.427 e. The Morgan fingerprint density at radius 3 is 2.67 bits per heavy atom. The van der Waals surface area contributed by atoms with Gasteiger partial charge in [-0.05, 0) is 32.4 Å². The number of rotatable bonds is 10. The molecule has 0 aliphatic carbocycles. The topological polar surface area (TPSA) is 270 Å². The molecule has 2 atom stereocenters. The number of hydrogen-bond acceptors (Lipinski definition) is 16. The van der Waals surface area contributed by atoms with Gasteiger partial charge in [-0.1, -0.05) is 5.16 Å². The number of oxime groups is 1. The van der Waals surface area contributed by atoms with Gasteiger partial charge in [-0.25, -0.2) is 30.4 Å². The van der Waals surface area contributed by atoms with Crippen molar-refractivity contribution in [1.29, 1.82) is 0 Å². The van der Waals surface area contributed by atoms with E-state index in [-0.39, 0.29) is 33.7 Å². The van der Waals surface area contributed by atoms with Crippen molar-refractivity contribution in [2.75, 3.05) is 17.2 Å². The number of allylic oxidation sites excluding steroid dienone is 1. The first-order valence-electron chi connectivity index (χ1n) is 13.1. The first-order valence-corrected chi connectivity index (χ1v) is 16.0. The van der Waals surface area contributed by atoms with Crippen LogP contribution in [-0.4, -0.2) is 99.8 Å². The number of thiazole rings is 1. The van der Waals surface area contributed by atoms with Gasteiger partial charge in [-0.3, -0.25) is 24.7 Å². The van der Waals surface area contributed by atoms with Gasteiger partial charge in [0.25, 0.3) is 17.7 Å². The van der Waals surface area contributed by atoms with Crippen molar-refractivity contribution in [3.63, 3.8) is 0 Å². The summed E-state index contributed by atoms with van der Waals surface area (Å²) in [5, 5.41) is 29.5. The van der Waals surface area contributed by atoms with Crippen molar-refractivity contribution in [2.45, 2.75) is 37.8 Å². The van der Waals surface area contributed by atoms with Gasteiger partial charge in [0.1, 0.15) is 22.8 Å². The Balaban J connectivity index is 1.31. The van der Waals surface area contributed by atoms with Crippen LogP contribution < -0.4 is 27.9 Å². The van der Waals surface area contributed by atoms with Crippen molar-refractivity contribution in [2.24, 2.45) is 16.0 Å². The van der Waals surface area contributed by atoms with Gasteiger partial charge in [0.05, 0.1) is 11.2 Å². The zero-order chi connectivity index (χ0) is 33.5. The van der Waals surface area contributed by atoms with Gasteiger partial charge in [-0.15, -0.1) is 40.4 Å². The third-order valence-electron chi connectivity index (χ3n) is 6.68. The normalized spacial score (nSPS) is 21.0. The van der Waals surface area contributed by atoms with Gasteiger partial charge in [-0.2, -0.15) is 5.01 Å². The predicted octanol–water partition coefficient (Wildman–Crippen LogP) is -0.484. The summed E-state index contributed by atoms with van der Waals surface area (Å²) in [7, 11) is 0. The molecule has 0 spiro atoms. The van der Waals surface area contributed by atoms with E-state index in [0.717, 1.165) is 21.2 Å². The first-order chi connectivity index (χ1) is 21.7. The number of carboxylic acids is 1. The number of nitrogens with one attached hydrogen (secondary N) is 3. The molecular formula is C24H27N11O8S3. The van der Waals surface area contributed by atoms with Gasteiger partial charge in [0, 0.05) is 22.6 Å². The molecule has 4 aliphatic rings. The molecule has 0 saturated carbocycles. The Morgan fingerprint density at radius 2 is 2.04 bits per heavy atom. The number of carboxylic acid groups (broad SMARTS) is 2. The van der Waals surface area contributed by atoms with Crippen LogP contribution in [0.2, 0.25) is 0 Å². The lowest BCUT2D eigenvalue weighted by Gasteiger charge is -2.49. The van der Waals surface area contributed by atoms with Crippen molar-refractivity contribution >= 4 is 81.2 Å². The number of nitrogen functional groups attached to an aromatic ring is 1. The fourth-order valence-corrected chi connectivity index (χ4v) is 7.50. The standard InChI is InChI=1S/C24H27N11O8S3/c1-9-4-13(35-12(27-9)5-33(32-35)23(41)42)44-6-10-7-45-19-15(18(37)34(19)16(10)20(38)39)29-17(36)14(11-8-46-22(25)28-11)31-43-24(2,3)21(40)30-26/h4-5,8,15,19,32H,6-7,26H2,1-3H3,(H2,25,28)(H,29,36)(H,30,40)(H,38,39)(H,41,42)/b31-14-/t15?,19-/m1/s1. The summed E-state index contributed by atoms with van der Waals surface area (Å²) in [6.45, 7) is 4.47. The van der Waals surface area contributed by atoms with E-state index in [4.69, 9.17) is 16.4 Å². The number of fused-ring (bicyclic) bond motifs is 2. The molecule has 19 nitrogen and oxygen atoms in total. The number of nitrogens with two attached hydrogens (primary N) is 2. The molecule has 1 saturated heterocycles. The molecule has 9 N–H and O–H groups in total. The molecule has 0 bridgehead atoms. The molecule has 1 aromatic rings. The van der Waals surface area contributed by atoms with Crippen LogP contribution in [0, 0.1) is 0 Å². The summed E-state index contributed by atoms with van der Waals surface area (Å²) in [5.41, 5.74) is 9.29. The van der Waals surface area contributed by atoms with E-state index in [1.54, 1.807) is 13.0 Å². The minimum Gasteiger partial charge on any atom is -0.477 e. The molecule has 22 heteroatoms. The van der Waals surface area contributed by atoms with Crippen LogP contribution in [0.4, 0.5) is 9.93 Å². The number of carbonyl (C=O) groups excluding carboxylic acids is 3. The van der Waals surface area contributed by atoms with Crippen molar-refractivity contribution in [3.05, 3.63) is 45.5 Å². The zero-order valence-electron chi connectivity index (χ0n) is 24.2. The number of thioether (sulfide) groups is 2. The van der Waals surface area contributed by atoms with E-state index in [9.17, 15) is 34.2 Å². The molecule has 4 aliphatic heterocycles. The fourth-order valence-electron chi connectivity index (χ4n) is 4.40. The highest BCUT2D eigenvalue weighted by Crippen LogP contribution is 2.42. The van der Waals surface area contributed by atoms with Crippen LogP contribution in [0.1, 0.15) is 26.5 Å². The predicted molar refractivity (Wildman–Crippen MR) is 167 cm³/mol. The maximum absolute atomic E-state index is 13.4. The average molecular weight is 694 g/mol. The number of aliphatic imine (C=N–C) groups is 1. The second-order valence-electron chi connectivity index (χ2n) is 10.3. The molecule has 5 rings (SSSR count). The van der Waals surface area contributed by atoms with E-state index in [2.05, 4.69) is 26.0 Å². The van der Waals surface area contributed by atoms with Crippen molar-refractivity contribution in [3.8, 4) is 0 Å². The van der Waals surface area contributed by atoms with E-state index in [1.807, 2.05) is 5.43 Å². The number of amides is 4. The van der Waals surface area contributed by atoms with E-state index in [1.165, 1.54) is 54.0 Å². The van der Waals surface area contributed by atoms with Crippen molar-refractivity contribution in [1.82, 2.24) is 36.2 Å². The molecular weight excluding hydrogens is 667 g/mol. The molecule has 46 heavy (non-hydrogen) atoms. The van der Waals surface area contributed by atoms with Gasteiger partial charge in [0.15, 0.2) is 16.7 Å². The SMILES string of the molecule is CC1=NC2=CN(C(=O)O)NN2C(SCC2=C(C(=O)O)N3C(=O)C(NC(=O)/C(=N\OC(C)(C)C(=O)NN)c4csc(N)n4)[C@H]3SC2)=C1. The quantitative estimate of drug-likeness (QED) is 0.0536. The smallest absolute Gasteiger partial charge is 0.427 e. The lowest BCUT2D eigenvalue weighted by molar-refractivity contribution is -0.150. The lowest BCUT2D eigenvalue weighted by Crippen LogP contribution is -2.71. The number of nitrogens with zero attached hydrogens (tertiary/aromatic N) is 6. The Morgan fingerprint density at radius 1 is 1.30 bits per heavy atom. The summed E-state index contributed by atoms with van der Waals surface area (Å²) in [4.78, 5) is 77.3. The Kier molecular flexibility index (Phi) is 8.99. The van der Waals surface area contributed by atoms with Gasteiger partial charge < -0.3 is 26.1 Å².